The van der Waals surface area contributed by atoms with Gasteiger partial charge in [0.2, 0.25) is 23.6 Å². The van der Waals surface area contributed by atoms with Gasteiger partial charge in [0.05, 0.1) is 25.4 Å². The molecule has 2 fully saturated rings. The summed E-state index contributed by atoms with van der Waals surface area (Å²) in [5.41, 5.74) is 10.9. The minimum Gasteiger partial charge on any atom is -0.453 e. The van der Waals surface area contributed by atoms with E-state index in [4.69, 9.17) is 30.4 Å². The van der Waals surface area contributed by atoms with Gasteiger partial charge in [0.25, 0.3) is 0 Å². The van der Waals surface area contributed by atoms with E-state index < -0.39 is 70.2 Å². The molecule has 0 unspecified atom stereocenters. The monoisotopic (exact) mass is 871 g/mol. The Kier molecular flexibility index (Phi) is 14.8. The minimum atomic E-state index is -1.48. The van der Waals surface area contributed by atoms with Gasteiger partial charge in [0.15, 0.2) is 0 Å². The van der Waals surface area contributed by atoms with Crippen molar-refractivity contribution >= 4 is 41.5 Å². The van der Waals surface area contributed by atoms with Gasteiger partial charge in [-0.05, 0) is 87.8 Å². The lowest BCUT2D eigenvalue weighted by Crippen LogP contribution is -2.63. The van der Waals surface area contributed by atoms with Crippen molar-refractivity contribution in [3.8, 4) is 0 Å². The van der Waals surface area contributed by atoms with Crippen molar-refractivity contribution in [2.45, 2.75) is 101 Å². The molecule has 4 atom stereocenters. The van der Waals surface area contributed by atoms with Crippen LogP contribution in [0.4, 0.5) is 15.3 Å². The average molecular weight is 872 g/mol. The third-order valence-electron chi connectivity index (χ3n) is 12.7. The van der Waals surface area contributed by atoms with Gasteiger partial charge in [-0.15, -0.1) is 0 Å². The van der Waals surface area contributed by atoms with Crippen molar-refractivity contribution in [2.75, 3.05) is 46.4 Å². The molecule has 340 valence electrons. The van der Waals surface area contributed by atoms with E-state index in [-0.39, 0.29) is 25.9 Å². The lowest BCUT2D eigenvalue weighted by atomic mass is 9.84. The highest BCUT2D eigenvalue weighted by Crippen LogP contribution is 2.42. The van der Waals surface area contributed by atoms with Crippen LogP contribution in [0.5, 0.6) is 0 Å². The molecule has 63 heavy (non-hydrogen) atoms. The number of alkyl carbamates (subject to hydrolysis) is 2. The Balaban J connectivity index is 1.42. The Labute approximate surface area is 368 Å². The normalized spacial score (nSPS) is 19.7. The van der Waals surface area contributed by atoms with Crippen LogP contribution in [0.15, 0.2) is 78.9 Å². The first-order valence-corrected chi connectivity index (χ1v) is 20.8. The molecule has 0 bridgehead atoms. The van der Waals surface area contributed by atoms with E-state index in [0.29, 0.717) is 37.1 Å². The molecule has 0 aliphatic carbocycles. The predicted molar refractivity (Wildman–Crippen MR) is 234 cm³/mol. The molecular weight excluding hydrogens is 811 g/mol. The zero-order valence-corrected chi connectivity index (χ0v) is 37.4. The summed E-state index contributed by atoms with van der Waals surface area (Å²) < 4.78 is 20.8. The molecule has 3 aromatic carbocycles. The molecule has 6 N–H and O–H groups in total. The second kappa shape index (κ2) is 19.5. The molecule has 2 aliphatic heterocycles. The maximum absolute atomic E-state index is 14.2. The van der Waals surface area contributed by atoms with E-state index in [9.17, 15) is 28.8 Å². The van der Waals surface area contributed by atoms with Gasteiger partial charge in [-0.3, -0.25) is 19.2 Å². The van der Waals surface area contributed by atoms with E-state index in [1.807, 2.05) is 78.9 Å². The van der Waals surface area contributed by atoms with Gasteiger partial charge < -0.3 is 55.7 Å². The van der Waals surface area contributed by atoms with Gasteiger partial charge in [0.1, 0.15) is 23.2 Å². The number of nitrogens with two attached hydrogens (primary N) is 2. The largest absolute Gasteiger partial charge is 0.453 e. The van der Waals surface area contributed by atoms with Gasteiger partial charge in [-0.2, -0.15) is 0 Å². The van der Waals surface area contributed by atoms with Gasteiger partial charge in [0, 0.05) is 46.1 Å². The number of nitrogens with one attached hydrogen (secondary N) is 2. The van der Waals surface area contributed by atoms with Crippen LogP contribution in [-0.2, 0) is 62.3 Å². The molecule has 5 rings (SSSR count). The van der Waals surface area contributed by atoms with E-state index in [1.54, 1.807) is 27.7 Å². The highest BCUT2D eigenvalue weighted by atomic mass is 16.5. The fourth-order valence-electron chi connectivity index (χ4n) is 8.69. The summed E-state index contributed by atoms with van der Waals surface area (Å²) in [6.07, 6.45) is -0.0556. The first kappa shape index (κ1) is 47.8. The number of carbonyl (C=O) groups is 6. The Morgan fingerprint density at radius 3 is 1.30 bits per heavy atom. The van der Waals surface area contributed by atoms with Crippen molar-refractivity contribution in [1.82, 2.24) is 20.4 Å². The van der Waals surface area contributed by atoms with Crippen LogP contribution < -0.4 is 27.0 Å². The lowest BCUT2D eigenvalue weighted by molar-refractivity contribution is -0.151. The van der Waals surface area contributed by atoms with Crippen molar-refractivity contribution in [1.29, 1.82) is 0 Å². The quantitative estimate of drug-likeness (QED) is 0.153. The number of hydrogen-bond donors (Lipinski definition) is 4. The number of likely N-dealkylation sites (tertiary alicyclic amines) is 2. The van der Waals surface area contributed by atoms with Crippen molar-refractivity contribution in [2.24, 2.45) is 11.5 Å². The maximum Gasteiger partial charge on any atom is 0.407 e. The van der Waals surface area contributed by atoms with Crippen molar-refractivity contribution in [3.05, 3.63) is 101 Å². The predicted octanol–water partition coefficient (Wildman–Crippen LogP) is 3.80. The molecule has 0 aromatic heterocycles. The highest BCUT2D eigenvalue weighted by Gasteiger charge is 2.55. The second-order valence-electron chi connectivity index (χ2n) is 17.0. The number of nitrogens with zero attached hydrogens (tertiary/aromatic N) is 3. The van der Waals surface area contributed by atoms with Crippen LogP contribution in [-0.4, -0.2) is 110 Å². The first-order valence-electron chi connectivity index (χ1n) is 20.8. The van der Waals surface area contributed by atoms with Gasteiger partial charge in [-0.1, -0.05) is 66.7 Å². The zero-order valence-electron chi connectivity index (χ0n) is 37.4. The molecule has 2 heterocycles. The topological polar surface area (TPSA) is 225 Å². The summed E-state index contributed by atoms with van der Waals surface area (Å²) in [6, 6.07) is 22.3. The summed E-state index contributed by atoms with van der Waals surface area (Å²) in [5.74, 6) is -2.44. The number of primary amides is 2. The smallest absolute Gasteiger partial charge is 0.407 e. The number of hydrogen-bond acceptors (Lipinski definition) is 11. The minimum absolute atomic E-state index is 0.233. The number of benzene rings is 3. The van der Waals surface area contributed by atoms with E-state index in [2.05, 4.69) is 15.5 Å². The number of para-hydroxylation sites is 1. The van der Waals surface area contributed by atoms with Gasteiger partial charge in [-0.25, -0.2) is 9.59 Å². The molecular formula is C46H61N7O10. The Morgan fingerprint density at radius 2 is 0.984 bits per heavy atom. The van der Waals surface area contributed by atoms with Crippen molar-refractivity contribution in [3.63, 3.8) is 0 Å². The fourth-order valence-corrected chi connectivity index (χ4v) is 8.69. The molecule has 6 amide bonds. The Hall–Kier alpha value is -6.20. The molecule has 0 spiro atoms. The van der Waals surface area contributed by atoms with Crippen LogP contribution in [0.25, 0.3) is 0 Å². The van der Waals surface area contributed by atoms with Gasteiger partial charge >= 0.3 is 12.2 Å². The average Bonchev–Trinajstić information content (AvgIpc) is 3.95. The molecule has 2 saturated heterocycles. The van der Waals surface area contributed by atoms with E-state index in [0.717, 1.165) is 16.8 Å². The molecule has 0 saturated carbocycles. The number of rotatable bonds is 17. The summed E-state index contributed by atoms with van der Waals surface area (Å²) in [6.45, 7) is 8.00. The Bertz CT molecular complexity index is 2000. The number of ether oxygens (including phenoxy) is 4. The number of amides is 6. The third-order valence-corrected chi connectivity index (χ3v) is 12.7. The van der Waals surface area contributed by atoms with Crippen LogP contribution in [0.1, 0.15) is 75.6 Å². The van der Waals surface area contributed by atoms with E-state index in [1.165, 1.54) is 38.2 Å². The zero-order chi connectivity index (χ0) is 46.3. The molecule has 0 radical (unpaired) electrons. The molecule has 17 nitrogen and oxygen atoms in total. The van der Waals surface area contributed by atoms with Crippen LogP contribution >= 0.6 is 0 Å². The summed E-state index contributed by atoms with van der Waals surface area (Å²) in [5, 5.41) is 5.17. The Morgan fingerprint density at radius 1 is 0.619 bits per heavy atom. The van der Waals surface area contributed by atoms with Crippen molar-refractivity contribution < 1.29 is 47.7 Å². The number of methoxy groups -OCH3 is 4. The third kappa shape index (κ3) is 9.59. The molecule has 17 heteroatoms. The van der Waals surface area contributed by atoms with Crippen LogP contribution in [0.2, 0.25) is 0 Å². The summed E-state index contributed by atoms with van der Waals surface area (Å²) in [4.78, 5) is 85.2. The van der Waals surface area contributed by atoms with E-state index >= 15 is 0 Å². The summed E-state index contributed by atoms with van der Waals surface area (Å²) >= 11 is 0. The standard InChI is InChI=1S/C46H61N7O10/c1-43(2,62-7)35(49-41(58)60-5)37(54)52-26-12-24-45(52,39(47)56)32-20-16-30(17-21-32)28-51(34-14-10-9-11-15-34)29-31-18-22-33(23-19-31)46(40(48)57)25-13-27-53(46)38(55)36(44(3,4)63-8)50-42(59)61-6/h9-11,14-23,35-36H,12-13,24-29H2,1-8H3,(H2,47,56)(H2,48,57)(H,49,58)(H,50,59)/t35-,36-,45+,46+/m1/s1. The number of anilines is 1. The first-order chi connectivity index (χ1) is 29.8. The lowest BCUT2D eigenvalue weighted by Gasteiger charge is -2.41. The fraction of sp³-hybridized carbons (Fsp3) is 0.478. The molecule has 2 aliphatic rings. The summed E-state index contributed by atoms with van der Waals surface area (Å²) in [7, 11) is 5.25. The maximum atomic E-state index is 14.2. The number of carbonyl (C=O) groups excluding carboxylic acids is 6. The molecule has 3 aromatic rings. The SMILES string of the molecule is COC(=O)N[C@H](C(=O)N1CCC[C@@]1(C(N)=O)c1ccc(CN(Cc2ccc([C@]3(C(N)=O)CCCN3C(=O)[C@@H](NC(=O)OC)C(C)(C)OC)cc2)c2ccccc2)cc1)C(C)(C)OC. The second-order valence-corrected chi connectivity index (χ2v) is 17.0. The highest BCUT2D eigenvalue weighted by molar-refractivity contribution is 5.96. The van der Waals surface area contributed by atoms with Crippen LogP contribution in [0.3, 0.4) is 0 Å². The van der Waals surface area contributed by atoms with Crippen LogP contribution in [0, 0.1) is 0 Å².